The number of anilines is 1. The summed E-state index contributed by atoms with van der Waals surface area (Å²) in [5.74, 6) is -1.17. The molecule has 3 rings (SSSR count). The van der Waals surface area contributed by atoms with Gasteiger partial charge in [-0.2, -0.15) is 0 Å². The molecule has 2 heterocycles. The fraction of sp³-hybridized carbons (Fsp3) is 0.435. The minimum absolute atomic E-state index is 0.0490. The number of carbonyl (C=O) groups is 3. The Morgan fingerprint density at radius 3 is 2.46 bits per heavy atom. The molecule has 12 heteroatoms. The molecule has 0 saturated heterocycles. The first-order valence-corrected chi connectivity index (χ1v) is 14.0. The molecule has 1 aliphatic rings. The summed E-state index contributed by atoms with van der Waals surface area (Å²) in [6, 6.07) is 5.86. The van der Waals surface area contributed by atoms with Crippen LogP contribution in [0.5, 0.6) is 0 Å². The molecule has 0 radical (unpaired) electrons. The highest BCUT2D eigenvalue weighted by atomic mass is 35.5. The van der Waals surface area contributed by atoms with Crippen LogP contribution in [0, 0.1) is 0 Å². The van der Waals surface area contributed by atoms with E-state index in [0.717, 1.165) is 10.4 Å². The molecule has 2 aromatic rings. The minimum atomic E-state index is -3.56. The standard InChI is InChI=1S/C23H27ClN2O7S2/c1-3-32-22(28)20-17-11-12-26(23(29)33-4-2)14-18(17)34-21(20)25-19(27)6-5-13-35(30,31)16-9-7-15(24)8-10-16/h7-10H,3-6,11-14H2,1-2H3,(H,25,27). The first kappa shape index (κ1) is 27.0. The predicted molar refractivity (Wildman–Crippen MR) is 133 cm³/mol. The smallest absolute Gasteiger partial charge is 0.410 e. The van der Waals surface area contributed by atoms with Gasteiger partial charge in [-0.15, -0.1) is 11.3 Å². The number of esters is 1. The van der Waals surface area contributed by atoms with Crippen molar-refractivity contribution in [3.63, 3.8) is 0 Å². The second-order valence-electron chi connectivity index (χ2n) is 7.72. The average molecular weight is 543 g/mol. The van der Waals surface area contributed by atoms with Gasteiger partial charge in [-0.05, 0) is 56.5 Å². The van der Waals surface area contributed by atoms with Gasteiger partial charge in [-0.3, -0.25) is 4.79 Å². The zero-order valence-corrected chi connectivity index (χ0v) is 21.9. The number of amides is 2. The largest absolute Gasteiger partial charge is 0.462 e. The van der Waals surface area contributed by atoms with E-state index in [0.29, 0.717) is 23.0 Å². The molecule has 1 aromatic carbocycles. The Morgan fingerprint density at radius 2 is 1.80 bits per heavy atom. The molecule has 0 fully saturated rings. The van der Waals surface area contributed by atoms with Gasteiger partial charge in [0.2, 0.25) is 5.91 Å². The van der Waals surface area contributed by atoms with E-state index >= 15 is 0 Å². The molecule has 0 saturated carbocycles. The van der Waals surface area contributed by atoms with Crippen molar-refractivity contribution in [3.8, 4) is 0 Å². The summed E-state index contributed by atoms with van der Waals surface area (Å²) in [5, 5.41) is 3.51. The second-order valence-corrected chi connectivity index (χ2v) is 11.4. The molecule has 2 amide bonds. The van der Waals surface area contributed by atoms with Crippen LogP contribution >= 0.6 is 22.9 Å². The molecule has 1 aliphatic heterocycles. The first-order chi connectivity index (χ1) is 16.7. The quantitative estimate of drug-likeness (QED) is 0.469. The minimum Gasteiger partial charge on any atom is -0.462 e. The molecule has 0 bridgehead atoms. The lowest BCUT2D eigenvalue weighted by Crippen LogP contribution is -2.36. The van der Waals surface area contributed by atoms with Crippen molar-refractivity contribution in [2.45, 2.75) is 44.6 Å². The molecule has 0 aliphatic carbocycles. The summed E-state index contributed by atoms with van der Waals surface area (Å²) in [6.45, 7) is 4.50. The number of nitrogens with one attached hydrogen (secondary N) is 1. The monoisotopic (exact) mass is 542 g/mol. The van der Waals surface area contributed by atoms with Gasteiger partial charge in [0.25, 0.3) is 0 Å². The van der Waals surface area contributed by atoms with Crippen LogP contribution in [0.25, 0.3) is 0 Å². The van der Waals surface area contributed by atoms with Crippen LogP contribution in [0.3, 0.4) is 0 Å². The van der Waals surface area contributed by atoms with Crippen molar-refractivity contribution in [2.24, 2.45) is 0 Å². The van der Waals surface area contributed by atoms with Gasteiger partial charge in [0.1, 0.15) is 5.00 Å². The lowest BCUT2D eigenvalue weighted by atomic mass is 10.0. The Hall–Kier alpha value is -2.63. The lowest BCUT2D eigenvalue weighted by Gasteiger charge is -2.26. The number of fused-ring (bicyclic) bond motifs is 1. The Morgan fingerprint density at radius 1 is 1.11 bits per heavy atom. The zero-order chi connectivity index (χ0) is 25.6. The van der Waals surface area contributed by atoms with Crippen molar-refractivity contribution in [2.75, 3.05) is 30.8 Å². The number of benzene rings is 1. The summed E-state index contributed by atoms with van der Waals surface area (Å²) >= 11 is 7.02. The number of nitrogens with zero attached hydrogens (tertiary/aromatic N) is 1. The number of carbonyl (C=O) groups excluding carboxylic acids is 3. The maximum Gasteiger partial charge on any atom is 0.410 e. The van der Waals surface area contributed by atoms with Crippen LogP contribution in [0.1, 0.15) is 47.5 Å². The molecule has 35 heavy (non-hydrogen) atoms. The normalized spacial score (nSPS) is 13.2. The van der Waals surface area contributed by atoms with E-state index in [-0.39, 0.29) is 48.8 Å². The van der Waals surface area contributed by atoms with Crippen molar-refractivity contribution < 1.29 is 32.3 Å². The summed E-state index contributed by atoms with van der Waals surface area (Å²) in [5.41, 5.74) is 1.03. The molecule has 9 nitrogen and oxygen atoms in total. The Kier molecular flexibility index (Phi) is 9.15. The van der Waals surface area contributed by atoms with Gasteiger partial charge in [0.05, 0.1) is 36.0 Å². The summed E-state index contributed by atoms with van der Waals surface area (Å²) in [7, 11) is -3.56. The maximum absolute atomic E-state index is 12.7. The molecular formula is C23H27ClN2O7S2. The fourth-order valence-corrected chi connectivity index (χ4v) is 6.36. The van der Waals surface area contributed by atoms with E-state index in [9.17, 15) is 22.8 Å². The van der Waals surface area contributed by atoms with Gasteiger partial charge in [-0.25, -0.2) is 18.0 Å². The fourth-order valence-electron chi connectivity index (χ4n) is 3.65. The Labute approximate surface area is 213 Å². The van der Waals surface area contributed by atoms with Crippen LogP contribution in [0.4, 0.5) is 9.80 Å². The lowest BCUT2D eigenvalue weighted by molar-refractivity contribution is -0.116. The maximum atomic E-state index is 12.7. The SMILES string of the molecule is CCOC(=O)c1c(NC(=O)CCCS(=O)(=O)c2ccc(Cl)cc2)sc2c1CCN(C(=O)OCC)C2. The van der Waals surface area contributed by atoms with E-state index in [1.807, 2.05) is 0 Å². The Balaban J connectivity index is 1.69. The molecule has 1 aromatic heterocycles. The molecule has 1 N–H and O–H groups in total. The Bertz CT molecular complexity index is 1190. The zero-order valence-electron chi connectivity index (χ0n) is 19.5. The highest BCUT2D eigenvalue weighted by Crippen LogP contribution is 2.38. The number of rotatable bonds is 9. The van der Waals surface area contributed by atoms with Crippen LogP contribution < -0.4 is 5.32 Å². The third kappa shape index (κ3) is 6.74. The number of hydrogen-bond acceptors (Lipinski definition) is 8. The third-order valence-corrected chi connectivity index (χ3v) is 8.51. The molecule has 0 spiro atoms. The van der Waals surface area contributed by atoms with Crippen molar-refractivity contribution >= 4 is 55.7 Å². The average Bonchev–Trinajstić information content (AvgIpc) is 3.16. The van der Waals surface area contributed by atoms with Gasteiger partial charge in [0.15, 0.2) is 9.84 Å². The van der Waals surface area contributed by atoms with Crippen LogP contribution in [0.2, 0.25) is 5.02 Å². The van der Waals surface area contributed by atoms with Crippen LogP contribution in [0.15, 0.2) is 29.2 Å². The predicted octanol–water partition coefficient (Wildman–Crippen LogP) is 4.29. The molecular weight excluding hydrogens is 516 g/mol. The number of hydrogen-bond donors (Lipinski definition) is 1. The van der Waals surface area contributed by atoms with Gasteiger partial charge < -0.3 is 19.7 Å². The summed E-state index contributed by atoms with van der Waals surface area (Å²) in [4.78, 5) is 39.9. The van der Waals surface area contributed by atoms with Gasteiger partial charge in [0, 0.05) is 22.9 Å². The van der Waals surface area contributed by atoms with E-state index in [1.54, 1.807) is 18.7 Å². The van der Waals surface area contributed by atoms with Crippen molar-refractivity contribution in [1.82, 2.24) is 4.90 Å². The van der Waals surface area contributed by atoms with E-state index in [2.05, 4.69) is 5.32 Å². The molecule has 0 unspecified atom stereocenters. The highest BCUT2D eigenvalue weighted by Gasteiger charge is 2.31. The van der Waals surface area contributed by atoms with Crippen molar-refractivity contribution in [1.29, 1.82) is 0 Å². The van der Waals surface area contributed by atoms with Gasteiger partial charge >= 0.3 is 12.1 Å². The highest BCUT2D eigenvalue weighted by molar-refractivity contribution is 7.91. The summed E-state index contributed by atoms with van der Waals surface area (Å²) in [6.07, 6.45) is 0.0464. The van der Waals surface area contributed by atoms with E-state index < -0.39 is 27.8 Å². The first-order valence-electron chi connectivity index (χ1n) is 11.2. The van der Waals surface area contributed by atoms with E-state index in [1.165, 1.54) is 35.6 Å². The number of thiophene rings is 1. The van der Waals surface area contributed by atoms with Crippen molar-refractivity contribution in [3.05, 3.63) is 45.3 Å². The molecule has 190 valence electrons. The van der Waals surface area contributed by atoms with Crippen LogP contribution in [-0.2, 0) is 37.1 Å². The van der Waals surface area contributed by atoms with Gasteiger partial charge in [-0.1, -0.05) is 11.6 Å². The molecule has 0 atom stereocenters. The summed E-state index contributed by atoms with van der Waals surface area (Å²) < 4.78 is 35.2. The van der Waals surface area contributed by atoms with E-state index in [4.69, 9.17) is 21.1 Å². The van der Waals surface area contributed by atoms with Crippen LogP contribution in [-0.4, -0.2) is 56.8 Å². The number of sulfone groups is 1. The number of halogens is 1. The second kappa shape index (κ2) is 11.9. The number of ether oxygens (including phenoxy) is 2. The third-order valence-electron chi connectivity index (χ3n) is 5.31. The topological polar surface area (TPSA) is 119 Å².